The molecule has 122 valence electrons. The van der Waals surface area contributed by atoms with Crippen LogP contribution in [0.2, 0.25) is 0 Å². The largest absolute Gasteiger partial charge is 0.468 e. The molecule has 0 amide bonds. The van der Waals surface area contributed by atoms with Crippen molar-refractivity contribution in [1.29, 1.82) is 0 Å². The molecule has 5 atom stereocenters. The average Bonchev–Trinajstić information content (AvgIpc) is 3.19. The summed E-state index contributed by atoms with van der Waals surface area (Å²) < 4.78 is 22.4. The summed E-state index contributed by atoms with van der Waals surface area (Å²) in [7, 11) is 0. The predicted molar refractivity (Wildman–Crippen MR) is 76.1 cm³/mol. The second-order valence-corrected chi connectivity index (χ2v) is 5.99. The molecular weight excluding hydrogens is 288 g/mol. The predicted octanol–water partition coefficient (Wildman–Crippen LogP) is -0.445. The second kappa shape index (κ2) is 6.27. The van der Waals surface area contributed by atoms with Crippen molar-refractivity contribution >= 4 is 0 Å². The van der Waals surface area contributed by atoms with Crippen molar-refractivity contribution in [3.63, 3.8) is 0 Å². The Morgan fingerprint density at radius 2 is 2.18 bits per heavy atom. The normalized spacial score (nSPS) is 39.2. The lowest BCUT2D eigenvalue weighted by atomic mass is 9.94. The van der Waals surface area contributed by atoms with Crippen LogP contribution in [0.3, 0.4) is 0 Å². The Kier molecular flexibility index (Phi) is 4.17. The molecule has 22 heavy (non-hydrogen) atoms. The third-order valence-corrected chi connectivity index (χ3v) is 4.69. The van der Waals surface area contributed by atoms with E-state index >= 15 is 0 Å². The molecule has 0 spiro atoms. The first-order valence-corrected chi connectivity index (χ1v) is 7.85. The van der Waals surface area contributed by atoms with Gasteiger partial charge in [0, 0.05) is 13.1 Å². The van der Waals surface area contributed by atoms with Crippen molar-refractivity contribution in [2.24, 2.45) is 0 Å². The lowest BCUT2D eigenvalue weighted by Crippen LogP contribution is -2.65. The van der Waals surface area contributed by atoms with Crippen LogP contribution in [0.5, 0.6) is 0 Å². The molecule has 1 aromatic heterocycles. The SMILES string of the molecule is O[C@H]1[C@@H](NCc2ccco2)[C@@H]2CO[C@H](O2)[C@@H]1N1CCOCC1. The van der Waals surface area contributed by atoms with Crippen LogP contribution in [-0.2, 0) is 20.8 Å². The monoisotopic (exact) mass is 310 g/mol. The molecule has 0 unspecified atom stereocenters. The Bertz CT molecular complexity index is 476. The topological polar surface area (TPSA) is 76.3 Å². The first-order valence-electron chi connectivity index (χ1n) is 7.85. The van der Waals surface area contributed by atoms with Crippen LogP contribution in [0.15, 0.2) is 22.8 Å². The molecule has 2 bridgehead atoms. The summed E-state index contributed by atoms with van der Waals surface area (Å²) in [5, 5.41) is 14.2. The average molecular weight is 310 g/mol. The maximum atomic E-state index is 10.9. The van der Waals surface area contributed by atoms with Gasteiger partial charge in [0.2, 0.25) is 0 Å². The van der Waals surface area contributed by atoms with Crippen LogP contribution in [-0.4, -0.2) is 73.5 Å². The summed E-state index contributed by atoms with van der Waals surface area (Å²) >= 11 is 0. The Labute approximate surface area is 129 Å². The number of hydrogen-bond acceptors (Lipinski definition) is 7. The number of aliphatic hydroxyl groups is 1. The van der Waals surface area contributed by atoms with Gasteiger partial charge in [-0.25, -0.2) is 0 Å². The molecule has 7 nitrogen and oxygen atoms in total. The van der Waals surface area contributed by atoms with Gasteiger partial charge >= 0.3 is 0 Å². The van der Waals surface area contributed by atoms with Gasteiger partial charge in [0.25, 0.3) is 0 Å². The summed E-state index contributed by atoms with van der Waals surface area (Å²) in [6.07, 6.45) is 0.641. The fourth-order valence-electron chi connectivity index (χ4n) is 3.55. The van der Waals surface area contributed by atoms with Crippen LogP contribution in [0.25, 0.3) is 0 Å². The van der Waals surface area contributed by atoms with Gasteiger partial charge in [-0.3, -0.25) is 4.90 Å². The zero-order chi connectivity index (χ0) is 14.9. The van der Waals surface area contributed by atoms with Crippen molar-refractivity contribution in [2.45, 2.75) is 37.1 Å². The summed E-state index contributed by atoms with van der Waals surface area (Å²) in [6.45, 7) is 4.03. The molecule has 0 aromatic carbocycles. The fourth-order valence-corrected chi connectivity index (χ4v) is 3.55. The molecule has 0 radical (unpaired) electrons. The first-order chi connectivity index (χ1) is 10.8. The van der Waals surface area contributed by atoms with Gasteiger partial charge in [-0.2, -0.15) is 0 Å². The molecule has 3 fully saturated rings. The van der Waals surface area contributed by atoms with Gasteiger partial charge in [0.05, 0.1) is 50.8 Å². The molecule has 4 rings (SSSR count). The minimum absolute atomic E-state index is 0.118. The van der Waals surface area contributed by atoms with E-state index in [9.17, 15) is 5.11 Å². The van der Waals surface area contributed by atoms with Crippen molar-refractivity contribution in [3.05, 3.63) is 24.2 Å². The lowest BCUT2D eigenvalue weighted by Gasteiger charge is -2.45. The molecule has 0 aliphatic carbocycles. The summed E-state index contributed by atoms with van der Waals surface area (Å²) in [5.41, 5.74) is 0. The van der Waals surface area contributed by atoms with E-state index in [1.165, 1.54) is 0 Å². The lowest BCUT2D eigenvalue weighted by molar-refractivity contribution is -0.191. The van der Waals surface area contributed by atoms with Gasteiger partial charge in [-0.15, -0.1) is 0 Å². The highest BCUT2D eigenvalue weighted by Gasteiger charge is 2.52. The summed E-state index contributed by atoms with van der Waals surface area (Å²) in [5.74, 6) is 0.844. The van der Waals surface area contributed by atoms with E-state index in [1.54, 1.807) is 6.26 Å². The third-order valence-electron chi connectivity index (χ3n) is 4.69. The Balaban J connectivity index is 1.46. The molecule has 3 aliphatic heterocycles. The number of ether oxygens (including phenoxy) is 3. The molecule has 7 heteroatoms. The highest BCUT2D eigenvalue weighted by Crippen LogP contribution is 2.31. The zero-order valence-electron chi connectivity index (χ0n) is 12.4. The number of rotatable bonds is 4. The Hall–Kier alpha value is -0.960. The minimum atomic E-state index is -0.542. The Morgan fingerprint density at radius 1 is 1.32 bits per heavy atom. The number of furan rings is 1. The highest BCUT2D eigenvalue weighted by molar-refractivity contribution is 5.04. The molecule has 1 aromatic rings. The standard InChI is InChI=1S/C15H22N2O5/c18-14-12(16-8-10-2-1-5-20-10)11-9-21-15(22-11)13(14)17-3-6-19-7-4-17/h1-2,5,11-16,18H,3-4,6-9H2/t11-,12-,13+,14-,15+/m0/s1. The quantitative estimate of drug-likeness (QED) is 0.780. The highest BCUT2D eigenvalue weighted by atomic mass is 16.7. The Morgan fingerprint density at radius 3 is 2.95 bits per heavy atom. The maximum absolute atomic E-state index is 10.9. The van der Waals surface area contributed by atoms with Gasteiger partial charge in [0.15, 0.2) is 6.29 Å². The van der Waals surface area contributed by atoms with Gasteiger partial charge in [-0.1, -0.05) is 0 Å². The second-order valence-electron chi connectivity index (χ2n) is 5.99. The molecule has 4 heterocycles. The molecule has 0 saturated carbocycles. The summed E-state index contributed by atoms with van der Waals surface area (Å²) in [4.78, 5) is 2.21. The first kappa shape index (κ1) is 14.6. The van der Waals surface area contributed by atoms with Crippen molar-refractivity contribution in [2.75, 3.05) is 32.9 Å². The van der Waals surface area contributed by atoms with E-state index in [-0.39, 0.29) is 24.5 Å². The van der Waals surface area contributed by atoms with Gasteiger partial charge < -0.3 is 29.1 Å². The molecule has 3 aliphatic rings. The smallest absolute Gasteiger partial charge is 0.176 e. The zero-order valence-corrected chi connectivity index (χ0v) is 12.4. The van der Waals surface area contributed by atoms with Crippen LogP contribution in [0.4, 0.5) is 0 Å². The van der Waals surface area contributed by atoms with E-state index in [0.717, 1.165) is 18.8 Å². The van der Waals surface area contributed by atoms with E-state index in [1.807, 2.05) is 12.1 Å². The van der Waals surface area contributed by atoms with Crippen LogP contribution >= 0.6 is 0 Å². The van der Waals surface area contributed by atoms with E-state index in [2.05, 4.69) is 10.2 Å². The maximum Gasteiger partial charge on any atom is 0.176 e. The summed E-state index contributed by atoms with van der Waals surface area (Å²) in [6, 6.07) is 3.44. The van der Waals surface area contributed by atoms with E-state index in [0.29, 0.717) is 26.4 Å². The number of morpholine rings is 1. The number of nitrogens with one attached hydrogen (secondary N) is 1. The van der Waals surface area contributed by atoms with Crippen molar-refractivity contribution in [1.82, 2.24) is 10.2 Å². The van der Waals surface area contributed by atoms with E-state index < -0.39 is 6.10 Å². The van der Waals surface area contributed by atoms with Crippen molar-refractivity contribution < 1.29 is 23.7 Å². The molecule has 2 N–H and O–H groups in total. The third kappa shape index (κ3) is 2.68. The number of fused-ring (bicyclic) bond motifs is 2. The van der Waals surface area contributed by atoms with Crippen LogP contribution < -0.4 is 5.32 Å². The van der Waals surface area contributed by atoms with Crippen molar-refractivity contribution in [3.8, 4) is 0 Å². The number of hydrogen-bond donors (Lipinski definition) is 2. The van der Waals surface area contributed by atoms with Crippen LogP contribution in [0.1, 0.15) is 5.76 Å². The van der Waals surface area contributed by atoms with E-state index in [4.69, 9.17) is 18.6 Å². The minimum Gasteiger partial charge on any atom is -0.468 e. The van der Waals surface area contributed by atoms with Gasteiger partial charge in [0.1, 0.15) is 11.9 Å². The number of nitrogens with zero attached hydrogens (tertiary/aromatic N) is 1. The van der Waals surface area contributed by atoms with Crippen LogP contribution in [0, 0.1) is 0 Å². The van der Waals surface area contributed by atoms with Gasteiger partial charge in [-0.05, 0) is 12.1 Å². The number of aliphatic hydroxyl groups excluding tert-OH is 1. The fraction of sp³-hybridized carbons (Fsp3) is 0.733. The molecular formula is C15H22N2O5. The molecule has 3 saturated heterocycles.